The maximum Gasteiger partial charge on any atom is 0.416 e. The molecule has 24 heavy (non-hydrogen) atoms. The molecule has 0 fully saturated rings. The first-order valence-electron chi connectivity index (χ1n) is 7.34. The number of hydrogen-bond donors (Lipinski definition) is 1. The minimum Gasteiger partial charge on any atom is -0.512 e. The highest BCUT2D eigenvalue weighted by Crippen LogP contribution is 2.37. The Morgan fingerprint density at radius 2 is 1.54 bits per heavy atom. The highest BCUT2D eigenvalue weighted by atomic mass is 19.4. The lowest BCUT2D eigenvalue weighted by Gasteiger charge is -2.22. The zero-order valence-electron chi connectivity index (χ0n) is 13.3. The average molecular weight is 334 g/mol. The third-order valence-electron chi connectivity index (χ3n) is 3.74. The fourth-order valence-electron chi connectivity index (χ4n) is 2.73. The molecule has 0 aliphatic rings. The maximum absolute atomic E-state index is 13.0. The fraction of sp³-hybridized carbons (Fsp3) is 0.211. The number of Topliss-reactive ketones (excluding diaryl/α,β-unsaturated/α-hetero) is 1. The van der Waals surface area contributed by atoms with E-state index in [2.05, 4.69) is 0 Å². The summed E-state index contributed by atoms with van der Waals surface area (Å²) in [5.41, 5.74) is 0.227. The Morgan fingerprint density at radius 1 is 0.958 bits per heavy atom. The van der Waals surface area contributed by atoms with Crippen molar-refractivity contribution in [1.82, 2.24) is 0 Å². The standard InChI is InChI=1S/C19H17F3O2/c1-12(23)17(13(2)24)18(14-7-4-3-5-8-14)15-9-6-10-16(11-15)19(20,21)22/h3-11,18,23H,1-2H3/b17-12+/t18-/m0/s1. The summed E-state index contributed by atoms with van der Waals surface area (Å²) in [5, 5.41) is 9.94. The first-order valence-corrected chi connectivity index (χ1v) is 7.34. The molecule has 0 heterocycles. The van der Waals surface area contributed by atoms with Gasteiger partial charge in [0.25, 0.3) is 0 Å². The number of rotatable bonds is 4. The second-order valence-electron chi connectivity index (χ2n) is 5.52. The molecule has 2 rings (SSSR count). The molecule has 0 unspecified atom stereocenters. The number of aliphatic hydroxyl groups is 1. The van der Waals surface area contributed by atoms with Gasteiger partial charge in [0, 0.05) is 11.5 Å². The van der Waals surface area contributed by atoms with Gasteiger partial charge in [-0.15, -0.1) is 0 Å². The third kappa shape index (κ3) is 3.85. The molecule has 0 aliphatic heterocycles. The largest absolute Gasteiger partial charge is 0.512 e. The fourth-order valence-corrected chi connectivity index (χ4v) is 2.73. The Balaban J connectivity index is 2.69. The van der Waals surface area contributed by atoms with Gasteiger partial charge < -0.3 is 5.11 Å². The van der Waals surface area contributed by atoms with Crippen LogP contribution in [0.25, 0.3) is 0 Å². The summed E-state index contributed by atoms with van der Waals surface area (Å²) in [4.78, 5) is 12.0. The van der Waals surface area contributed by atoms with Crippen molar-refractivity contribution in [2.75, 3.05) is 0 Å². The Labute approximate surface area is 138 Å². The van der Waals surface area contributed by atoms with Gasteiger partial charge in [-0.25, -0.2) is 0 Å². The van der Waals surface area contributed by atoms with Gasteiger partial charge in [-0.2, -0.15) is 13.2 Å². The molecule has 2 nitrogen and oxygen atoms in total. The molecular formula is C19H17F3O2. The van der Waals surface area contributed by atoms with Gasteiger partial charge in [0.05, 0.1) is 11.3 Å². The number of carbonyl (C=O) groups excluding carboxylic acids is 1. The van der Waals surface area contributed by atoms with Crippen molar-refractivity contribution in [1.29, 1.82) is 0 Å². The van der Waals surface area contributed by atoms with Gasteiger partial charge in [-0.3, -0.25) is 4.79 Å². The van der Waals surface area contributed by atoms with Crippen LogP contribution >= 0.6 is 0 Å². The SMILES string of the molecule is CC(=O)/C(=C(/C)O)[C@@H](c1ccccc1)c1cccc(C(F)(F)F)c1. The zero-order valence-corrected chi connectivity index (χ0v) is 13.3. The van der Waals surface area contributed by atoms with Crippen LogP contribution in [0.2, 0.25) is 0 Å². The van der Waals surface area contributed by atoms with Gasteiger partial charge in [-0.05, 0) is 31.0 Å². The summed E-state index contributed by atoms with van der Waals surface area (Å²) in [7, 11) is 0. The zero-order chi connectivity index (χ0) is 17.9. The van der Waals surface area contributed by atoms with E-state index in [0.29, 0.717) is 11.1 Å². The predicted octanol–water partition coefficient (Wildman–Crippen LogP) is 5.26. The Hall–Kier alpha value is -2.56. The van der Waals surface area contributed by atoms with Crippen molar-refractivity contribution >= 4 is 5.78 Å². The number of alkyl halides is 3. The first kappa shape index (κ1) is 17.8. The van der Waals surface area contributed by atoms with Crippen LogP contribution in [0.1, 0.15) is 36.5 Å². The first-order chi connectivity index (χ1) is 11.2. The van der Waals surface area contributed by atoms with Crippen LogP contribution < -0.4 is 0 Å². The van der Waals surface area contributed by atoms with E-state index in [4.69, 9.17) is 0 Å². The molecule has 126 valence electrons. The minimum atomic E-state index is -4.48. The number of allylic oxidation sites excluding steroid dienone is 2. The minimum absolute atomic E-state index is 0.0838. The highest BCUT2D eigenvalue weighted by molar-refractivity contribution is 5.96. The molecule has 0 saturated heterocycles. The number of aliphatic hydroxyl groups excluding tert-OH is 1. The second-order valence-corrected chi connectivity index (χ2v) is 5.52. The smallest absolute Gasteiger partial charge is 0.416 e. The molecule has 0 spiro atoms. The lowest BCUT2D eigenvalue weighted by Crippen LogP contribution is -2.14. The van der Waals surface area contributed by atoms with E-state index in [0.717, 1.165) is 12.1 Å². The molecule has 0 bridgehead atoms. The molecule has 2 aromatic rings. The van der Waals surface area contributed by atoms with Crippen molar-refractivity contribution < 1.29 is 23.1 Å². The molecule has 5 heteroatoms. The molecule has 1 atom stereocenters. The van der Waals surface area contributed by atoms with Crippen LogP contribution in [-0.4, -0.2) is 10.9 Å². The maximum atomic E-state index is 13.0. The molecular weight excluding hydrogens is 317 g/mol. The Kier molecular flexibility index (Phi) is 5.12. The lowest BCUT2D eigenvalue weighted by atomic mass is 9.82. The monoisotopic (exact) mass is 334 g/mol. The van der Waals surface area contributed by atoms with E-state index in [1.807, 2.05) is 0 Å². The number of carbonyl (C=O) groups is 1. The van der Waals surface area contributed by atoms with Crippen LogP contribution in [0.15, 0.2) is 65.9 Å². The van der Waals surface area contributed by atoms with E-state index < -0.39 is 17.7 Å². The van der Waals surface area contributed by atoms with E-state index in [1.165, 1.54) is 26.0 Å². The predicted molar refractivity (Wildman–Crippen MR) is 85.7 cm³/mol. The van der Waals surface area contributed by atoms with Crippen LogP contribution in [-0.2, 0) is 11.0 Å². The van der Waals surface area contributed by atoms with Crippen LogP contribution in [0, 0.1) is 0 Å². The summed E-state index contributed by atoms with van der Waals surface area (Å²) in [6.45, 7) is 2.65. The quantitative estimate of drug-likeness (QED) is 0.612. The Bertz CT molecular complexity index is 758. The van der Waals surface area contributed by atoms with Gasteiger partial charge in [0.2, 0.25) is 0 Å². The summed E-state index contributed by atoms with van der Waals surface area (Å²) in [6, 6.07) is 13.5. The number of halogens is 3. The van der Waals surface area contributed by atoms with Crippen molar-refractivity contribution in [2.45, 2.75) is 25.9 Å². The highest BCUT2D eigenvalue weighted by Gasteiger charge is 2.32. The third-order valence-corrected chi connectivity index (χ3v) is 3.74. The van der Waals surface area contributed by atoms with E-state index >= 15 is 0 Å². The van der Waals surface area contributed by atoms with Gasteiger partial charge >= 0.3 is 6.18 Å². The van der Waals surface area contributed by atoms with Crippen molar-refractivity contribution in [2.24, 2.45) is 0 Å². The van der Waals surface area contributed by atoms with Crippen LogP contribution in [0.5, 0.6) is 0 Å². The second kappa shape index (κ2) is 6.91. The van der Waals surface area contributed by atoms with Crippen molar-refractivity contribution in [3.63, 3.8) is 0 Å². The topological polar surface area (TPSA) is 37.3 Å². The molecule has 0 amide bonds. The molecule has 0 aromatic heterocycles. The summed E-state index contributed by atoms with van der Waals surface area (Å²) in [5.74, 6) is -1.36. The molecule has 0 aliphatic carbocycles. The summed E-state index contributed by atoms with van der Waals surface area (Å²) < 4.78 is 39.1. The van der Waals surface area contributed by atoms with Crippen LogP contribution in [0.4, 0.5) is 13.2 Å². The number of ketones is 1. The van der Waals surface area contributed by atoms with E-state index in [9.17, 15) is 23.1 Å². The molecule has 1 N–H and O–H groups in total. The normalized spacial score (nSPS) is 14.0. The van der Waals surface area contributed by atoms with Gasteiger partial charge in [0.15, 0.2) is 5.78 Å². The Morgan fingerprint density at radius 3 is 2.04 bits per heavy atom. The van der Waals surface area contributed by atoms with E-state index in [-0.39, 0.29) is 17.1 Å². The summed E-state index contributed by atoms with van der Waals surface area (Å²) >= 11 is 0. The summed E-state index contributed by atoms with van der Waals surface area (Å²) in [6.07, 6.45) is -4.48. The number of hydrogen-bond acceptors (Lipinski definition) is 2. The molecule has 0 saturated carbocycles. The van der Waals surface area contributed by atoms with Gasteiger partial charge in [0.1, 0.15) is 0 Å². The lowest BCUT2D eigenvalue weighted by molar-refractivity contribution is -0.137. The van der Waals surface area contributed by atoms with Gasteiger partial charge in [-0.1, -0.05) is 48.5 Å². The van der Waals surface area contributed by atoms with E-state index in [1.54, 1.807) is 30.3 Å². The average Bonchev–Trinajstić information content (AvgIpc) is 2.51. The molecule has 0 radical (unpaired) electrons. The van der Waals surface area contributed by atoms with Crippen molar-refractivity contribution in [3.05, 3.63) is 82.6 Å². The number of benzene rings is 2. The van der Waals surface area contributed by atoms with Crippen LogP contribution in [0.3, 0.4) is 0 Å². The van der Waals surface area contributed by atoms with Crippen molar-refractivity contribution in [3.8, 4) is 0 Å². The molecule has 2 aromatic carbocycles.